The number of para-hydroxylation sites is 1. The quantitative estimate of drug-likeness (QED) is 0.574. The standard InChI is InChI=1S/C22H21N5O/c1-22(2)14-17(16-10-6-7-11-18(16)28-22)23-19-12-13-20-24-25-21(27(20)26-19)15-8-4-3-5-9-15/h3-13,17H,14H2,1-2H3,(H,23,26). The summed E-state index contributed by atoms with van der Waals surface area (Å²) in [5, 5.41) is 16.9. The first-order chi connectivity index (χ1) is 13.6. The SMILES string of the molecule is CC1(C)CC(Nc2ccc3nnc(-c4ccccc4)n3n2)c2ccccc2O1. The maximum Gasteiger partial charge on any atom is 0.185 e. The summed E-state index contributed by atoms with van der Waals surface area (Å²) < 4.78 is 7.92. The molecule has 0 radical (unpaired) electrons. The zero-order valence-electron chi connectivity index (χ0n) is 15.8. The fourth-order valence-corrected chi connectivity index (χ4v) is 3.74. The van der Waals surface area contributed by atoms with Crippen molar-refractivity contribution in [3.8, 4) is 17.1 Å². The van der Waals surface area contributed by atoms with Gasteiger partial charge < -0.3 is 10.1 Å². The van der Waals surface area contributed by atoms with Crippen molar-refractivity contribution in [3.63, 3.8) is 0 Å². The minimum Gasteiger partial charge on any atom is -0.487 e. The molecule has 3 heterocycles. The van der Waals surface area contributed by atoms with E-state index >= 15 is 0 Å². The van der Waals surface area contributed by atoms with Crippen molar-refractivity contribution in [3.05, 3.63) is 72.3 Å². The number of fused-ring (bicyclic) bond motifs is 2. The minimum atomic E-state index is -0.248. The number of ether oxygens (including phenoxy) is 1. The van der Waals surface area contributed by atoms with E-state index in [1.54, 1.807) is 4.52 Å². The Balaban J connectivity index is 1.52. The molecule has 0 saturated carbocycles. The summed E-state index contributed by atoms with van der Waals surface area (Å²) in [7, 11) is 0. The van der Waals surface area contributed by atoms with Gasteiger partial charge in [-0.2, -0.15) is 4.52 Å². The van der Waals surface area contributed by atoms with Crippen molar-refractivity contribution < 1.29 is 4.74 Å². The highest BCUT2D eigenvalue weighted by atomic mass is 16.5. The van der Waals surface area contributed by atoms with Crippen LogP contribution >= 0.6 is 0 Å². The van der Waals surface area contributed by atoms with Crippen LogP contribution in [0, 0.1) is 0 Å². The molecule has 1 aliphatic heterocycles. The fourth-order valence-electron chi connectivity index (χ4n) is 3.74. The fraction of sp³-hybridized carbons (Fsp3) is 0.227. The van der Waals surface area contributed by atoms with E-state index in [4.69, 9.17) is 9.84 Å². The van der Waals surface area contributed by atoms with Crippen LogP contribution in [0.25, 0.3) is 17.0 Å². The monoisotopic (exact) mass is 371 g/mol. The molecule has 0 aliphatic carbocycles. The molecular weight excluding hydrogens is 350 g/mol. The Morgan fingerprint density at radius 1 is 0.964 bits per heavy atom. The third-order valence-corrected chi connectivity index (χ3v) is 4.99. The smallest absolute Gasteiger partial charge is 0.185 e. The summed E-state index contributed by atoms with van der Waals surface area (Å²) in [6.45, 7) is 4.23. The molecule has 1 aliphatic rings. The molecule has 0 bridgehead atoms. The summed E-state index contributed by atoms with van der Waals surface area (Å²) in [5.74, 6) is 2.43. The molecule has 1 unspecified atom stereocenters. The summed E-state index contributed by atoms with van der Waals surface area (Å²) >= 11 is 0. The summed E-state index contributed by atoms with van der Waals surface area (Å²) in [6.07, 6.45) is 0.845. The average Bonchev–Trinajstić information content (AvgIpc) is 3.11. The summed E-state index contributed by atoms with van der Waals surface area (Å²) in [6, 6.07) is 22.1. The van der Waals surface area contributed by atoms with Crippen LogP contribution in [0.15, 0.2) is 66.7 Å². The lowest BCUT2D eigenvalue weighted by atomic mass is 9.90. The number of nitrogens with zero attached hydrogens (tertiary/aromatic N) is 4. The summed E-state index contributed by atoms with van der Waals surface area (Å²) in [5.41, 5.74) is 2.60. The molecule has 4 aromatic rings. The number of benzene rings is 2. The van der Waals surface area contributed by atoms with Gasteiger partial charge in [-0.1, -0.05) is 48.5 Å². The predicted octanol–water partition coefficient (Wildman–Crippen LogP) is 4.51. The maximum absolute atomic E-state index is 6.14. The van der Waals surface area contributed by atoms with Gasteiger partial charge in [0, 0.05) is 17.5 Å². The molecule has 0 fully saturated rings. The van der Waals surface area contributed by atoms with Crippen molar-refractivity contribution in [1.29, 1.82) is 0 Å². The Kier molecular flexibility index (Phi) is 3.79. The van der Waals surface area contributed by atoms with Gasteiger partial charge in [-0.15, -0.1) is 15.3 Å². The van der Waals surface area contributed by atoms with Crippen molar-refractivity contribution in [2.45, 2.75) is 31.9 Å². The maximum atomic E-state index is 6.14. The van der Waals surface area contributed by atoms with Crippen LogP contribution < -0.4 is 10.1 Å². The van der Waals surface area contributed by atoms with Crippen molar-refractivity contribution in [1.82, 2.24) is 19.8 Å². The first kappa shape index (κ1) is 16.7. The van der Waals surface area contributed by atoms with E-state index in [0.717, 1.165) is 40.6 Å². The molecule has 0 saturated heterocycles. The van der Waals surface area contributed by atoms with Gasteiger partial charge in [-0.25, -0.2) is 0 Å². The van der Waals surface area contributed by atoms with Gasteiger partial charge in [0.15, 0.2) is 11.5 Å². The van der Waals surface area contributed by atoms with Gasteiger partial charge in [0.1, 0.15) is 17.2 Å². The van der Waals surface area contributed by atoms with Crippen LogP contribution in [0.4, 0.5) is 5.82 Å². The zero-order valence-corrected chi connectivity index (χ0v) is 15.8. The van der Waals surface area contributed by atoms with Gasteiger partial charge in [-0.05, 0) is 32.0 Å². The average molecular weight is 371 g/mol. The summed E-state index contributed by atoms with van der Waals surface area (Å²) in [4.78, 5) is 0. The third kappa shape index (κ3) is 2.97. The minimum absolute atomic E-state index is 0.113. The van der Waals surface area contributed by atoms with Crippen LogP contribution in [0.5, 0.6) is 5.75 Å². The van der Waals surface area contributed by atoms with E-state index < -0.39 is 0 Å². The van der Waals surface area contributed by atoms with Gasteiger partial charge in [0.2, 0.25) is 0 Å². The molecule has 2 aromatic carbocycles. The first-order valence-corrected chi connectivity index (χ1v) is 9.41. The van der Waals surface area contributed by atoms with Crippen LogP contribution in [0.3, 0.4) is 0 Å². The molecule has 6 heteroatoms. The molecule has 0 spiro atoms. The van der Waals surface area contributed by atoms with Crippen molar-refractivity contribution >= 4 is 11.5 Å². The van der Waals surface area contributed by atoms with E-state index in [-0.39, 0.29) is 11.6 Å². The molecule has 1 atom stereocenters. The molecule has 5 rings (SSSR count). The Labute approximate surface area is 163 Å². The third-order valence-electron chi connectivity index (χ3n) is 4.99. The molecule has 1 N–H and O–H groups in total. The van der Waals surface area contributed by atoms with Gasteiger partial charge in [-0.3, -0.25) is 0 Å². The van der Waals surface area contributed by atoms with Crippen LogP contribution in [-0.4, -0.2) is 25.4 Å². The molecule has 0 amide bonds. The number of rotatable bonds is 3. The van der Waals surface area contributed by atoms with Gasteiger partial charge in [0.05, 0.1) is 6.04 Å². The largest absolute Gasteiger partial charge is 0.487 e. The van der Waals surface area contributed by atoms with Gasteiger partial charge >= 0.3 is 0 Å². The Bertz CT molecular complexity index is 1140. The Hall–Kier alpha value is -3.41. The van der Waals surface area contributed by atoms with E-state index in [9.17, 15) is 0 Å². The highest BCUT2D eigenvalue weighted by Crippen LogP contribution is 2.40. The second-order valence-electron chi connectivity index (χ2n) is 7.68. The Morgan fingerprint density at radius 2 is 1.75 bits per heavy atom. The number of anilines is 1. The molecule has 6 nitrogen and oxygen atoms in total. The normalized spacial score (nSPS) is 17.7. The Morgan fingerprint density at radius 3 is 2.61 bits per heavy atom. The highest BCUT2D eigenvalue weighted by molar-refractivity contribution is 5.59. The van der Waals surface area contributed by atoms with Crippen LogP contribution in [0.2, 0.25) is 0 Å². The highest BCUT2D eigenvalue weighted by Gasteiger charge is 2.33. The van der Waals surface area contributed by atoms with E-state index in [1.807, 2.05) is 60.7 Å². The van der Waals surface area contributed by atoms with Crippen LogP contribution in [0.1, 0.15) is 31.9 Å². The number of hydrogen-bond acceptors (Lipinski definition) is 5. The number of hydrogen-bond donors (Lipinski definition) is 1. The van der Waals surface area contributed by atoms with E-state index in [2.05, 4.69) is 35.4 Å². The lowest BCUT2D eigenvalue weighted by molar-refractivity contribution is 0.0758. The molecule has 2 aromatic heterocycles. The van der Waals surface area contributed by atoms with Gasteiger partial charge in [0.25, 0.3) is 0 Å². The number of nitrogens with one attached hydrogen (secondary N) is 1. The molecule has 140 valence electrons. The molecular formula is C22H21N5O. The lowest BCUT2D eigenvalue weighted by Crippen LogP contribution is -2.37. The predicted molar refractivity (Wildman–Crippen MR) is 108 cm³/mol. The number of aromatic nitrogens is 4. The topological polar surface area (TPSA) is 64.3 Å². The second-order valence-corrected chi connectivity index (χ2v) is 7.68. The first-order valence-electron chi connectivity index (χ1n) is 9.41. The van der Waals surface area contributed by atoms with E-state index in [0.29, 0.717) is 0 Å². The van der Waals surface area contributed by atoms with Crippen molar-refractivity contribution in [2.75, 3.05) is 5.32 Å². The zero-order chi connectivity index (χ0) is 19.1. The van der Waals surface area contributed by atoms with Crippen LogP contribution in [-0.2, 0) is 0 Å². The lowest BCUT2D eigenvalue weighted by Gasteiger charge is -2.38. The van der Waals surface area contributed by atoms with Crippen molar-refractivity contribution in [2.24, 2.45) is 0 Å². The molecule has 28 heavy (non-hydrogen) atoms. The van der Waals surface area contributed by atoms with E-state index in [1.165, 1.54) is 0 Å². The second kappa shape index (κ2) is 6.34.